The maximum absolute atomic E-state index is 14.7. The fraction of sp³-hybridized carbons (Fsp3) is 0.231. The molecule has 13 heteroatoms. The monoisotopic (exact) mass is 890 g/mol. The van der Waals surface area contributed by atoms with Crippen molar-refractivity contribution >= 4 is 46.7 Å². The molecule has 2 aliphatic heterocycles. The Bertz CT molecular complexity index is 2540. The molecule has 12 nitrogen and oxygen atoms in total. The van der Waals surface area contributed by atoms with E-state index in [0.29, 0.717) is 16.9 Å². The maximum atomic E-state index is 14.7. The van der Waals surface area contributed by atoms with E-state index in [1.807, 2.05) is 109 Å². The first-order chi connectivity index (χ1) is 31.6. The number of hydrogen-bond acceptors (Lipinski definition) is 8. The average Bonchev–Trinajstić information content (AvgIpc) is 3.84. The Kier molecular flexibility index (Phi) is 15.7. The molecule has 1 aromatic heterocycles. The van der Waals surface area contributed by atoms with Crippen LogP contribution in [-0.2, 0) is 60.9 Å². The summed E-state index contributed by atoms with van der Waals surface area (Å²) in [6, 6.07) is 41.1. The van der Waals surface area contributed by atoms with E-state index in [-0.39, 0.29) is 38.5 Å². The van der Waals surface area contributed by atoms with E-state index in [4.69, 9.17) is 4.74 Å². The fourth-order valence-corrected chi connectivity index (χ4v) is 8.51. The third-order valence-corrected chi connectivity index (χ3v) is 12.1. The van der Waals surface area contributed by atoms with Crippen molar-refractivity contribution < 1.29 is 38.6 Å². The molecule has 0 spiro atoms. The zero-order valence-corrected chi connectivity index (χ0v) is 36.4. The highest BCUT2D eigenvalue weighted by molar-refractivity contribution is 7.09. The number of rotatable bonds is 12. The Morgan fingerprint density at radius 2 is 1.18 bits per heavy atom. The summed E-state index contributed by atoms with van der Waals surface area (Å²) in [6.45, 7) is -0.413. The van der Waals surface area contributed by atoms with Crippen molar-refractivity contribution in [3.05, 3.63) is 184 Å². The number of ketones is 1. The lowest BCUT2D eigenvalue weighted by atomic mass is 9.89. The minimum Gasteiger partial charge on any atom is -0.484 e. The number of thiophene rings is 1. The normalized spacial score (nSPS) is 19.0. The van der Waals surface area contributed by atoms with Gasteiger partial charge in [-0.05, 0) is 69.8 Å². The van der Waals surface area contributed by atoms with Gasteiger partial charge in [0.05, 0.1) is 6.04 Å². The van der Waals surface area contributed by atoms with Crippen LogP contribution in [0.1, 0.15) is 33.6 Å². The summed E-state index contributed by atoms with van der Waals surface area (Å²) in [6.07, 6.45) is -0.0233. The van der Waals surface area contributed by atoms with Gasteiger partial charge in [0.25, 0.3) is 5.91 Å². The number of ether oxygens (including phenoxy) is 1. The standard InChI is InChI=1S/C52H50N4O8S/c57-47-31-40(49(59)56-46(52(62)63)30-35-13-6-2-7-14-35)27-36-20-24-41(25-21-36)64-33-48(58)53-45(32-42-17-10-26-65-42)51(61)55-44(50(60)54-43(47)28-34-11-4-1-5-12-34)29-37-18-22-39(23-19-37)38-15-8-3-9-16-38/h1-26,40,43-46H,27-33H2,(H,53,58)(H,54,60)(H,55,61)(H,56,59)(H,62,63)/t40-,43+,44-,45+,46+/m1/s1. The number of aliphatic carboxylic acids is 1. The molecule has 6 aromatic rings. The Balaban J connectivity index is 1.22. The van der Waals surface area contributed by atoms with E-state index < -0.39 is 72.1 Å². The summed E-state index contributed by atoms with van der Waals surface area (Å²) in [7, 11) is 0. The number of carbonyl (C=O) groups excluding carboxylic acids is 5. The zero-order chi connectivity index (χ0) is 45.5. The first-order valence-electron chi connectivity index (χ1n) is 21.5. The molecule has 2 aliphatic rings. The lowest BCUT2D eigenvalue weighted by Crippen LogP contribution is -2.57. The van der Waals surface area contributed by atoms with Crippen molar-refractivity contribution in [1.29, 1.82) is 0 Å². The van der Waals surface area contributed by atoms with Crippen LogP contribution in [0.3, 0.4) is 0 Å². The number of Topliss-reactive ketones (excluding diaryl/α,β-unsaturated/α-hetero) is 1. The number of carbonyl (C=O) groups is 6. The molecule has 5 aromatic carbocycles. The second-order valence-electron chi connectivity index (χ2n) is 16.1. The molecule has 5 N–H and O–H groups in total. The molecular weight excluding hydrogens is 841 g/mol. The maximum Gasteiger partial charge on any atom is 0.326 e. The highest BCUT2D eigenvalue weighted by atomic mass is 32.1. The van der Waals surface area contributed by atoms with E-state index >= 15 is 0 Å². The lowest BCUT2D eigenvalue weighted by Gasteiger charge is -2.26. The molecule has 0 saturated carbocycles. The number of carboxylic acid groups (broad SMARTS) is 1. The second-order valence-corrected chi connectivity index (χ2v) is 17.1. The molecule has 2 bridgehead atoms. The van der Waals surface area contributed by atoms with Gasteiger partial charge >= 0.3 is 5.97 Å². The number of hydrogen-bond donors (Lipinski definition) is 5. The average molecular weight is 891 g/mol. The van der Waals surface area contributed by atoms with Crippen LogP contribution >= 0.6 is 11.3 Å². The minimum absolute atomic E-state index is 0.0190. The van der Waals surface area contributed by atoms with Gasteiger partial charge in [-0.1, -0.05) is 133 Å². The van der Waals surface area contributed by atoms with Crippen molar-refractivity contribution in [3.63, 3.8) is 0 Å². The topological polar surface area (TPSA) is 180 Å². The van der Waals surface area contributed by atoms with Gasteiger partial charge in [-0.2, -0.15) is 0 Å². The summed E-state index contributed by atoms with van der Waals surface area (Å²) in [5, 5.41) is 23.4. The van der Waals surface area contributed by atoms with Gasteiger partial charge < -0.3 is 31.1 Å². The minimum atomic E-state index is -1.28. The Morgan fingerprint density at radius 1 is 0.615 bits per heavy atom. The van der Waals surface area contributed by atoms with Crippen LogP contribution in [0.4, 0.5) is 0 Å². The van der Waals surface area contributed by atoms with Gasteiger partial charge in [0, 0.05) is 36.5 Å². The van der Waals surface area contributed by atoms with Gasteiger partial charge in [-0.3, -0.25) is 24.0 Å². The first kappa shape index (κ1) is 45.6. The molecule has 4 amide bonds. The van der Waals surface area contributed by atoms with Gasteiger partial charge in [0.1, 0.15) is 23.9 Å². The zero-order valence-electron chi connectivity index (χ0n) is 35.6. The van der Waals surface area contributed by atoms with Crippen molar-refractivity contribution in [2.75, 3.05) is 6.61 Å². The number of nitrogens with one attached hydrogen (secondary N) is 4. The van der Waals surface area contributed by atoms with Crippen LogP contribution in [0.25, 0.3) is 11.1 Å². The van der Waals surface area contributed by atoms with Crippen molar-refractivity contribution in [1.82, 2.24) is 21.3 Å². The third kappa shape index (κ3) is 13.3. The van der Waals surface area contributed by atoms with Crippen molar-refractivity contribution in [3.8, 4) is 16.9 Å². The predicted octanol–water partition coefficient (Wildman–Crippen LogP) is 5.92. The van der Waals surface area contributed by atoms with Gasteiger partial charge in [-0.15, -0.1) is 11.3 Å². The molecule has 332 valence electrons. The van der Waals surface area contributed by atoms with Gasteiger partial charge in [0.15, 0.2) is 12.4 Å². The van der Waals surface area contributed by atoms with Crippen LogP contribution in [-0.4, -0.2) is 71.3 Å². The molecule has 0 unspecified atom stereocenters. The highest BCUT2D eigenvalue weighted by Crippen LogP contribution is 2.22. The Morgan fingerprint density at radius 3 is 1.82 bits per heavy atom. The molecule has 3 heterocycles. The Labute approximate surface area is 381 Å². The van der Waals surface area contributed by atoms with Gasteiger partial charge in [0.2, 0.25) is 17.7 Å². The van der Waals surface area contributed by atoms with E-state index in [1.165, 1.54) is 11.3 Å². The van der Waals surface area contributed by atoms with E-state index in [1.54, 1.807) is 48.5 Å². The quantitative estimate of drug-likeness (QED) is 0.0940. The first-order valence-corrected chi connectivity index (χ1v) is 22.4. The number of carboxylic acids is 1. The second kappa shape index (κ2) is 22.3. The molecule has 0 radical (unpaired) electrons. The van der Waals surface area contributed by atoms with Crippen LogP contribution in [0.5, 0.6) is 5.75 Å². The Hall–Kier alpha value is -7.38. The van der Waals surface area contributed by atoms with Crippen LogP contribution < -0.4 is 26.0 Å². The summed E-state index contributed by atoms with van der Waals surface area (Å²) in [5.41, 5.74) is 4.79. The summed E-state index contributed by atoms with van der Waals surface area (Å²) in [5.74, 6) is -4.85. The summed E-state index contributed by atoms with van der Waals surface area (Å²) < 4.78 is 5.81. The predicted molar refractivity (Wildman–Crippen MR) is 248 cm³/mol. The van der Waals surface area contributed by atoms with Crippen LogP contribution in [0.15, 0.2) is 157 Å². The molecular formula is C52H50N4O8S. The third-order valence-electron chi connectivity index (χ3n) is 11.2. The molecule has 8 rings (SSSR count). The molecule has 65 heavy (non-hydrogen) atoms. The number of amides is 4. The smallest absolute Gasteiger partial charge is 0.326 e. The molecule has 0 aliphatic carbocycles. The van der Waals surface area contributed by atoms with Crippen LogP contribution in [0, 0.1) is 5.92 Å². The van der Waals surface area contributed by atoms with E-state index in [9.17, 15) is 33.9 Å². The van der Waals surface area contributed by atoms with E-state index in [0.717, 1.165) is 27.1 Å². The van der Waals surface area contributed by atoms with E-state index in [2.05, 4.69) is 21.3 Å². The lowest BCUT2D eigenvalue weighted by molar-refractivity contribution is -0.142. The largest absolute Gasteiger partial charge is 0.484 e. The number of fused-ring (bicyclic) bond motifs is 16. The molecule has 5 atom stereocenters. The van der Waals surface area contributed by atoms with Gasteiger partial charge in [-0.25, -0.2) is 4.79 Å². The van der Waals surface area contributed by atoms with Crippen molar-refractivity contribution in [2.45, 2.75) is 62.7 Å². The highest BCUT2D eigenvalue weighted by Gasteiger charge is 2.34. The van der Waals surface area contributed by atoms with Crippen molar-refractivity contribution in [2.24, 2.45) is 5.92 Å². The summed E-state index contributed by atoms with van der Waals surface area (Å²) >= 11 is 1.43. The van der Waals surface area contributed by atoms with Crippen LogP contribution in [0.2, 0.25) is 0 Å². The SMILES string of the molecule is O=C1COc2ccc(cc2)C[C@@H](C(=O)N[C@@H](Cc2ccccc2)C(=O)O)CC(=O)[C@H](Cc2ccccc2)NC(=O)[C@@H](Cc2ccc(-c3ccccc3)cc2)NC(=O)[C@H](Cc2cccs2)N1. The summed E-state index contributed by atoms with van der Waals surface area (Å²) in [4.78, 5) is 84.6. The molecule has 0 saturated heterocycles. The number of benzene rings is 5. The molecule has 0 fully saturated rings. The fourth-order valence-electron chi connectivity index (χ4n) is 7.76.